The lowest BCUT2D eigenvalue weighted by Gasteiger charge is -2.36. The quantitative estimate of drug-likeness (QED) is 0.760. The van der Waals surface area contributed by atoms with Gasteiger partial charge in [-0.05, 0) is 26.2 Å². The molecule has 0 aromatic heterocycles. The van der Waals surface area contributed by atoms with Gasteiger partial charge in [-0.1, -0.05) is 32.0 Å². The zero-order valence-electron chi connectivity index (χ0n) is 11.3. The van der Waals surface area contributed by atoms with Gasteiger partial charge in [-0.3, -0.25) is 4.79 Å². The maximum absolute atomic E-state index is 12.7. The van der Waals surface area contributed by atoms with E-state index in [1.807, 2.05) is 6.92 Å². The van der Waals surface area contributed by atoms with Gasteiger partial charge in [0.2, 0.25) is 5.91 Å². The molecule has 4 nitrogen and oxygen atoms in total. The van der Waals surface area contributed by atoms with E-state index in [0.29, 0.717) is 13.0 Å². The van der Waals surface area contributed by atoms with E-state index in [2.05, 4.69) is 0 Å². The number of carbonyl (C=O) groups is 1. The van der Waals surface area contributed by atoms with Crippen molar-refractivity contribution < 1.29 is 9.90 Å². The van der Waals surface area contributed by atoms with Crippen LogP contribution in [0.4, 0.5) is 0 Å². The minimum atomic E-state index is -0.785. The highest BCUT2D eigenvalue weighted by Crippen LogP contribution is 2.28. The molecular weight excluding hydrogens is 248 g/mol. The van der Waals surface area contributed by atoms with Crippen LogP contribution in [0.25, 0.3) is 0 Å². The van der Waals surface area contributed by atoms with Crippen LogP contribution >= 0.6 is 12.2 Å². The van der Waals surface area contributed by atoms with Gasteiger partial charge in [0.05, 0.1) is 23.1 Å². The predicted molar refractivity (Wildman–Crippen MR) is 76.2 cm³/mol. The van der Waals surface area contributed by atoms with E-state index in [1.54, 1.807) is 11.8 Å². The van der Waals surface area contributed by atoms with Crippen molar-refractivity contribution >= 4 is 23.1 Å². The smallest absolute Gasteiger partial charge is 0.235 e. The highest BCUT2D eigenvalue weighted by molar-refractivity contribution is 7.80. The summed E-state index contributed by atoms with van der Waals surface area (Å²) in [7, 11) is 0. The van der Waals surface area contributed by atoms with Crippen molar-refractivity contribution in [2.45, 2.75) is 52.0 Å². The number of amides is 1. The van der Waals surface area contributed by atoms with Crippen molar-refractivity contribution in [1.29, 1.82) is 0 Å². The van der Waals surface area contributed by atoms with Crippen molar-refractivity contribution in [3.05, 3.63) is 0 Å². The van der Waals surface area contributed by atoms with Crippen molar-refractivity contribution in [2.75, 3.05) is 13.2 Å². The van der Waals surface area contributed by atoms with Crippen LogP contribution in [0.3, 0.4) is 0 Å². The van der Waals surface area contributed by atoms with Gasteiger partial charge < -0.3 is 15.7 Å². The number of likely N-dealkylation sites (tertiary alicyclic amines) is 1. The average Bonchev–Trinajstić information content (AvgIpc) is 2.61. The fraction of sp³-hybridized carbons (Fsp3) is 0.846. The maximum atomic E-state index is 12.7. The van der Waals surface area contributed by atoms with Crippen LogP contribution in [-0.2, 0) is 4.79 Å². The Kier molecular flexibility index (Phi) is 5.53. The van der Waals surface area contributed by atoms with Crippen LogP contribution in [0.5, 0.6) is 0 Å². The highest BCUT2D eigenvalue weighted by Gasteiger charge is 2.40. The molecule has 0 aromatic carbocycles. The first kappa shape index (κ1) is 15.4. The molecule has 18 heavy (non-hydrogen) atoms. The molecule has 1 saturated heterocycles. The fourth-order valence-corrected chi connectivity index (χ4v) is 2.61. The Bertz CT molecular complexity index is 322. The zero-order chi connectivity index (χ0) is 13.8. The molecule has 1 aliphatic rings. The Morgan fingerprint density at radius 3 is 2.67 bits per heavy atom. The van der Waals surface area contributed by atoms with Gasteiger partial charge in [-0.2, -0.15) is 0 Å². The van der Waals surface area contributed by atoms with Crippen LogP contribution in [0.15, 0.2) is 0 Å². The SMILES string of the molecule is CCC(C)(C(=O)N1CCCCCC1CO)C(N)=S. The van der Waals surface area contributed by atoms with Gasteiger partial charge in [-0.25, -0.2) is 0 Å². The monoisotopic (exact) mass is 272 g/mol. The van der Waals surface area contributed by atoms with Crippen LogP contribution < -0.4 is 5.73 Å². The number of hydrogen-bond acceptors (Lipinski definition) is 3. The summed E-state index contributed by atoms with van der Waals surface area (Å²) >= 11 is 5.05. The van der Waals surface area contributed by atoms with Gasteiger partial charge in [0, 0.05) is 6.54 Å². The molecule has 0 radical (unpaired) electrons. The first-order valence-electron chi connectivity index (χ1n) is 6.69. The molecule has 1 heterocycles. The van der Waals surface area contributed by atoms with Crippen LogP contribution in [0.1, 0.15) is 46.0 Å². The molecule has 2 atom stereocenters. The molecule has 1 fully saturated rings. The van der Waals surface area contributed by atoms with Crippen LogP contribution in [0.2, 0.25) is 0 Å². The number of rotatable bonds is 4. The molecule has 0 aliphatic carbocycles. The largest absolute Gasteiger partial charge is 0.394 e. The van der Waals surface area contributed by atoms with Gasteiger partial charge in [0.1, 0.15) is 0 Å². The summed E-state index contributed by atoms with van der Waals surface area (Å²) in [5, 5.41) is 9.45. The van der Waals surface area contributed by atoms with Gasteiger partial charge >= 0.3 is 0 Å². The molecule has 5 heteroatoms. The minimum Gasteiger partial charge on any atom is -0.394 e. The zero-order valence-corrected chi connectivity index (χ0v) is 12.1. The first-order valence-corrected chi connectivity index (χ1v) is 7.10. The number of thiocarbonyl (C=S) groups is 1. The molecule has 104 valence electrons. The van der Waals surface area contributed by atoms with E-state index < -0.39 is 5.41 Å². The number of aliphatic hydroxyl groups is 1. The van der Waals surface area contributed by atoms with E-state index in [9.17, 15) is 9.90 Å². The predicted octanol–water partition coefficient (Wildman–Crippen LogP) is 1.45. The van der Waals surface area contributed by atoms with Gasteiger partial charge in [0.25, 0.3) is 0 Å². The lowest BCUT2D eigenvalue weighted by molar-refractivity contribution is -0.141. The normalized spacial score (nSPS) is 24.2. The molecule has 1 rings (SSSR count). The summed E-state index contributed by atoms with van der Waals surface area (Å²) in [6, 6.07) is -0.0831. The average molecular weight is 272 g/mol. The minimum absolute atomic E-state index is 0.0167. The van der Waals surface area contributed by atoms with E-state index in [4.69, 9.17) is 18.0 Å². The van der Waals surface area contributed by atoms with Crippen LogP contribution in [0, 0.1) is 5.41 Å². The summed E-state index contributed by atoms with van der Waals surface area (Å²) < 4.78 is 0. The number of aliphatic hydroxyl groups excluding tert-OH is 1. The summed E-state index contributed by atoms with van der Waals surface area (Å²) in [5.74, 6) is -0.0292. The van der Waals surface area contributed by atoms with Gasteiger partial charge in [-0.15, -0.1) is 0 Å². The molecule has 2 unspecified atom stereocenters. The Labute approximate surface area is 115 Å². The van der Waals surface area contributed by atoms with Gasteiger partial charge in [0.15, 0.2) is 0 Å². The lowest BCUT2D eigenvalue weighted by Crippen LogP contribution is -2.52. The summed E-state index contributed by atoms with van der Waals surface area (Å²) in [4.78, 5) is 14.7. The number of nitrogens with two attached hydrogens (primary N) is 1. The topological polar surface area (TPSA) is 66.6 Å². The Balaban J connectivity index is 2.94. The van der Waals surface area contributed by atoms with Crippen molar-refractivity contribution in [1.82, 2.24) is 4.90 Å². The second-order valence-electron chi connectivity index (χ2n) is 5.23. The van der Waals surface area contributed by atoms with Crippen molar-refractivity contribution in [3.63, 3.8) is 0 Å². The molecular formula is C13H24N2O2S. The van der Waals surface area contributed by atoms with E-state index in [0.717, 1.165) is 25.7 Å². The lowest BCUT2D eigenvalue weighted by atomic mass is 9.85. The molecule has 1 aliphatic heterocycles. The number of hydrogen-bond donors (Lipinski definition) is 2. The third-order valence-corrected chi connectivity index (χ3v) is 4.52. The summed E-state index contributed by atoms with van der Waals surface area (Å²) in [5.41, 5.74) is 4.95. The molecule has 0 bridgehead atoms. The highest BCUT2D eigenvalue weighted by atomic mass is 32.1. The van der Waals surface area contributed by atoms with E-state index in [1.165, 1.54) is 0 Å². The number of nitrogens with zero attached hydrogens (tertiary/aromatic N) is 1. The van der Waals surface area contributed by atoms with E-state index >= 15 is 0 Å². The Hall–Kier alpha value is -0.680. The Morgan fingerprint density at radius 1 is 1.50 bits per heavy atom. The molecule has 1 amide bonds. The maximum Gasteiger partial charge on any atom is 0.235 e. The fourth-order valence-electron chi connectivity index (χ4n) is 2.38. The summed E-state index contributed by atoms with van der Waals surface area (Å²) in [6.07, 6.45) is 4.61. The molecule has 0 saturated carbocycles. The standard InChI is InChI=1S/C13H24N2O2S/c1-3-13(2,11(14)18)12(17)15-8-6-4-5-7-10(15)9-16/h10,16H,3-9H2,1-2H3,(H2,14,18). The summed E-state index contributed by atoms with van der Waals surface area (Å²) in [6.45, 7) is 4.44. The van der Waals surface area contributed by atoms with E-state index in [-0.39, 0.29) is 23.5 Å². The van der Waals surface area contributed by atoms with Crippen molar-refractivity contribution in [3.8, 4) is 0 Å². The van der Waals surface area contributed by atoms with Crippen molar-refractivity contribution in [2.24, 2.45) is 11.1 Å². The van der Waals surface area contributed by atoms with Crippen LogP contribution in [-0.4, -0.2) is 40.1 Å². The third-order valence-electron chi connectivity index (χ3n) is 4.07. The Morgan fingerprint density at radius 2 is 2.17 bits per heavy atom. The molecule has 0 spiro atoms. The third kappa shape index (κ3) is 3.01. The number of carbonyl (C=O) groups excluding carboxylic acids is 1. The second-order valence-corrected chi connectivity index (χ2v) is 5.67. The first-order chi connectivity index (χ1) is 8.47. The molecule has 0 aromatic rings. The molecule has 3 N–H and O–H groups in total. The second kappa shape index (κ2) is 6.48.